The van der Waals surface area contributed by atoms with Crippen molar-refractivity contribution in [3.05, 3.63) is 47.5 Å². The van der Waals surface area contributed by atoms with Crippen LogP contribution in [0.15, 0.2) is 36.7 Å². The summed E-state index contributed by atoms with van der Waals surface area (Å²) in [5.41, 5.74) is 2.10. The minimum atomic E-state index is 0.685. The highest BCUT2D eigenvalue weighted by Crippen LogP contribution is 2.21. The molecule has 0 aliphatic heterocycles. The van der Waals surface area contributed by atoms with Crippen LogP contribution in [0, 0.1) is 0 Å². The van der Waals surface area contributed by atoms with Gasteiger partial charge in [0.15, 0.2) is 0 Å². The Hall–Kier alpha value is -1.45. The van der Waals surface area contributed by atoms with Gasteiger partial charge in [0.25, 0.3) is 0 Å². The maximum atomic E-state index is 5.86. The number of nitrogens with one attached hydrogen (secondary N) is 1. The third-order valence-electron chi connectivity index (χ3n) is 3.01. The molecule has 3 rings (SSSR count). The summed E-state index contributed by atoms with van der Waals surface area (Å²) < 4.78 is 0. The van der Waals surface area contributed by atoms with Gasteiger partial charge in [-0.25, -0.2) is 9.97 Å². The smallest absolute Gasteiger partial charge is 0.141 e. The van der Waals surface area contributed by atoms with Crippen LogP contribution in [-0.4, -0.2) is 16.0 Å². The van der Waals surface area contributed by atoms with Crippen LogP contribution in [0.1, 0.15) is 18.7 Å². The normalized spacial score (nSPS) is 14.7. The minimum absolute atomic E-state index is 0.685. The highest BCUT2D eigenvalue weighted by molar-refractivity contribution is 6.30. The predicted octanol–water partition coefficient (Wildman–Crippen LogP) is 3.05. The van der Waals surface area contributed by atoms with Crippen LogP contribution < -0.4 is 5.32 Å². The van der Waals surface area contributed by atoms with E-state index in [1.54, 1.807) is 0 Å². The summed E-state index contributed by atoms with van der Waals surface area (Å²) in [4.78, 5) is 8.74. The third-order valence-corrected chi connectivity index (χ3v) is 3.26. The van der Waals surface area contributed by atoms with Gasteiger partial charge in [0.05, 0.1) is 6.54 Å². The molecule has 18 heavy (non-hydrogen) atoms. The fourth-order valence-corrected chi connectivity index (χ4v) is 1.89. The third kappa shape index (κ3) is 2.86. The number of nitrogens with zero attached hydrogens (tertiary/aromatic N) is 2. The predicted molar refractivity (Wildman–Crippen MR) is 72.3 cm³/mol. The van der Waals surface area contributed by atoms with E-state index in [0.717, 1.165) is 28.5 Å². The fourth-order valence-electron chi connectivity index (χ4n) is 1.76. The van der Waals surface area contributed by atoms with E-state index in [9.17, 15) is 0 Å². The van der Waals surface area contributed by atoms with E-state index < -0.39 is 0 Å². The number of hydrogen-bond donors (Lipinski definition) is 1. The van der Waals surface area contributed by atoms with Crippen molar-refractivity contribution in [2.45, 2.75) is 25.4 Å². The average Bonchev–Trinajstić information content (AvgIpc) is 3.22. The van der Waals surface area contributed by atoms with Gasteiger partial charge in [-0.2, -0.15) is 0 Å². The van der Waals surface area contributed by atoms with Gasteiger partial charge in [-0.05, 0) is 30.5 Å². The second-order valence-corrected chi connectivity index (χ2v) is 4.99. The van der Waals surface area contributed by atoms with Crippen LogP contribution in [0.4, 0.5) is 0 Å². The van der Waals surface area contributed by atoms with E-state index in [1.165, 1.54) is 12.8 Å². The van der Waals surface area contributed by atoms with Crippen molar-refractivity contribution in [3.8, 4) is 11.1 Å². The van der Waals surface area contributed by atoms with Crippen LogP contribution in [0.5, 0.6) is 0 Å². The molecule has 1 heterocycles. The van der Waals surface area contributed by atoms with Gasteiger partial charge >= 0.3 is 0 Å². The monoisotopic (exact) mass is 259 g/mol. The molecule has 1 aromatic carbocycles. The van der Waals surface area contributed by atoms with Crippen molar-refractivity contribution < 1.29 is 0 Å². The van der Waals surface area contributed by atoms with Crippen LogP contribution in [0.3, 0.4) is 0 Å². The van der Waals surface area contributed by atoms with Gasteiger partial charge in [-0.1, -0.05) is 23.7 Å². The quantitative estimate of drug-likeness (QED) is 0.917. The maximum absolute atomic E-state index is 5.86. The summed E-state index contributed by atoms with van der Waals surface area (Å²) in [5, 5.41) is 4.14. The summed E-state index contributed by atoms with van der Waals surface area (Å²) in [6.07, 6.45) is 6.28. The highest BCUT2D eigenvalue weighted by atomic mass is 35.5. The lowest BCUT2D eigenvalue weighted by Crippen LogP contribution is -2.17. The molecule has 2 aromatic rings. The van der Waals surface area contributed by atoms with E-state index in [2.05, 4.69) is 15.3 Å². The SMILES string of the molecule is Clc1ccc(-c2cnc(CNC3CC3)nc2)cc1. The number of rotatable bonds is 4. The fraction of sp³-hybridized carbons (Fsp3) is 0.286. The molecular weight excluding hydrogens is 246 g/mol. The van der Waals surface area contributed by atoms with Crippen molar-refractivity contribution in [1.82, 2.24) is 15.3 Å². The summed E-state index contributed by atoms with van der Waals surface area (Å²) >= 11 is 5.86. The van der Waals surface area contributed by atoms with Gasteiger partial charge in [0.2, 0.25) is 0 Å². The maximum Gasteiger partial charge on any atom is 0.141 e. The first-order chi connectivity index (χ1) is 8.81. The zero-order valence-electron chi connectivity index (χ0n) is 9.94. The minimum Gasteiger partial charge on any atom is -0.307 e. The lowest BCUT2D eigenvalue weighted by Gasteiger charge is -2.04. The zero-order chi connectivity index (χ0) is 12.4. The molecule has 0 unspecified atom stereocenters. The van der Waals surface area contributed by atoms with E-state index in [0.29, 0.717) is 6.04 Å². The van der Waals surface area contributed by atoms with Gasteiger partial charge in [-0.3, -0.25) is 0 Å². The van der Waals surface area contributed by atoms with Crippen LogP contribution in [0.25, 0.3) is 11.1 Å². The molecule has 1 N–H and O–H groups in total. The molecule has 1 aliphatic carbocycles. The lowest BCUT2D eigenvalue weighted by molar-refractivity contribution is 0.658. The van der Waals surface area contributed by atoms with Crippen molar-refractivity contribution in [2.24, 2.45) is 0 Å². The first-order valence-electron chi connectivity index (χ1n) is 6.11. The second-order valence-electron chi connectivity index (χ2n) is 4.55. The molecule has 1 fully saturated rings. The molecule has 0 bridgehead atoms. The van der Waals surface area contributed by atoms with Crippen molar-refractivity contribution in [2.75, 3.05) is 0 Å². The summed E-state index contributed by atoms with van der Waals surface area (Å²) in [7, 11) is 0. The standard InChI is InChI=1S/C14H14ClN3/c15-12-3-1-10(2-4-12)11-7-17-14(18-8-11)9-16-13-5-6-13/h1-4,7-8,13,16H,5-6,9H2. The summed E-state index contributed by atoms with van der Waals surface area (Å²) in [6.45, 7) is 0.756. The molecule has 0 spiro atoms. The molecule has 4 heteroatoms. The largest absolute Gasteiger partial charge is 0.307 e. The topological polar surface area (TPSA) is 37.8 Å². The highest BCUT2D eigenvalue weighted by Gasteiger charge is 2.20. The molecule has 1 saturated carbocycles. The number of benzene rings is 1. The first-order valence-corrected chi connectivity index (χ1v) is 6.49. The van der Waals surface area contributed by atoms with Crippen LogP contribution >= 0.6 is 11.6 Å². The van der Waals surface area contributed by atoms with E-state index >= 15 is 0 Å². The summed E-state index contributed by atoms with van der Waals surface area (Å²) in [5.74, 6) is 0.847. The Balaban J connectivity index is 1.71. The van der Waals surface area contributed by atoms with E-state index in [4.69, 9.17) is 11.6 Å². The number of aromatic nitrogens is 2. The Morgan fingerprint density at radius 1 is 1.06 bits per heavy atom. The molecule has 92 valence electrons. The van der Waals surface area contributed by atoms with Crippen LogP contribution in [-0.2, 0) is 6.54 Å². The summed E-state index contributed by atoms with van der Waals surface area (Å²) in [6, 6.07) is 8.38. The van der Waals surface area contributed by atoms with Crippen molar-refractivity contribution in [1.29, 1.82) is 0 Å². The molecule has 3 nitrogen and oxygen atoms in total. The van der Waals surface area contributed by atoms with E-state index in [1.807, 2.05) is 36.7 Å². The zero-order valence-corrected chi connectivity index (χ0v) is 10.7. The van der Waals surface area contributed by atoms with Gasteiger partial charge in [0.1, 0.15) is 5.82 Å². The van der Waals surface area contributed by atoms with Gasteiger partial charge < -0.3 is 5.32 Å². The Morgan fingerprint density at radius 2 is 1.72 bits per heavy atom. The molecule has 1 aromatic heterocycles. The Kier molecular flexibility index (Phi) is 3.26. The number of hydrogen-bond acceptors (Lipinski definition) is 3. The lowest BCUT2D eigenvalue weighted by atomic mass is 10.1. The van der Waals surface area contributed by atoms with Crippen molar-refractivity contribution >= 4 is 11.6 Å². The van der Waals surface area contributed by atoms with Gasteiger partial charge in [-0.15, -0.1) is 0 Å². The van der Waals surface area contributed by atoms with Gasteiger partial charge in [0, 0.05) is 29.0 Å². The first kappa shape index (κ1) is 11.6. The Morgan fingerprint density at radius 3 is 2.33 bits per heavy atom. The molecule has 0 radical (unpaired) electrons. The molecule has 0 amide bonds. The Labute approximate surface area is 111 Å². The molecule has 0 atom stereocenters. The van der Waals surface area contributed by atoms with Crippen molar-refractivity contribution in [3.63, 3.8) is 0 Å². The molecule has 1 aliphatic rings. The molecule has 0 saturated heterocycles. The van der Waals surface area contributed by atoms with Crippen LogP contribution in [0.2, 0.25) is 5.02 Å². The Bertz CT molecular complexity index is 518. The average molecular weight is 260 g/mol. The van der Waals surface area contributed by atoms with E-state index in [-0.39, 0.29) is 0 Å². The number of halogens is 1. The second kappa shape index (κ2) is 5.04. The molecular formula is C14H14ClN3.